The van der Waals surface area contributed by atoms with Gasteiger partial charge in [-0.1, -0.05) is 0 Å². The Morgan fingerprint density at radius 3 is 2.94 bits per heavy atom. The minimum atomic E-state index is 0.297. The monoisotopic (exact) mass is 287 g/mol. The van der Waals surface area contributed by atoms with Crippen LogP contribution in [-0.4, -0.2) is 29.2 Å². The Balaban J connectivity index is 2.08. The first-order valence-corrected chi connectivity index (χ1v) is 5.92. The fourth-order valence-corrected chi connectivity index (χ4v) is 2.05. The topological polar surface area (TPSA) is 85.1 Å². The van der Waals surface area contributed by atoms with Crippen molar-refractivity contribution in [3.63, 3.8) is 0 Å². The van der Waals surface area contributed by atoms with Crippen LogP contribution in [0.3, 0.4) is 0 Å². The Hall–Kier alpha value is -0.920. The van der Waals surface area contributed by atoms with Gasteiger partial charge in [-0.3, -0.25) is 0 Å². The van der Waals surface area contributed by atoms with E-state index in [2.05, 4.69) is 36.6 Å². The summed E-state index contributed by atoms with van der Waals surface area (Å²) in [4.78, 5) is 8.15. The van der Waals surface area contributed by atoms with E-state index in [1.54, 1.807) is 0 Å². The normalized spacial score (nSPS) is 20.5. The zero-order valence-corrected chi connectivity index (χ0v) is 10.3. The van der Waals surface area contributed by atoms with E-state index in [-0.39, 0.29) is 0 Å². The van der Waals surface area contributed by atoms with E-state index in [1.165, 1.54) is 6.33 Å². The molecule has 16 heavy (non-hydrogen) atoms. The Morgan fingerprint density at radius 2 is 2.25 bits per heavy atom. The van der Waals surface area contributed by atoms with Gasteiger partial charge in [0.1, 0.15) is 16.6 Å². The first-order chi connectivity index (χ1) is 7.81. The highest BCUT2D eigenvalue weighted by atomic mass is 79.9. The maximum absolute atomic E-state index is 5.39. The van der Waals surface area contributed by atoms with Crippen LogP contribution in [0, 0.1) is 0 Å². The summed E-state index contributed by atoms with van der Waals surface area (Å²) >= 11 is 3.40. The van der Waals surface area contributed by atoms with Gasteiger partial charge in [-0.15, -0.1) is 0 Å². The molecule has 0 saturated carbocycles. The minimum absolute atomic E-state index is 0.297. The van der Waals surface area contributed by atoms with Crippen molar-refractivity contribution in [2.75, 3.05) is 24.0 Å². The van der Waals surface area contributed by atoms with Crippen molar-refractivity contribution >= 4 is 27.6 Å². The summed E-state index contributed by atoms with van der Waals surface area (Å²) in [6, 6.07) is 0.297. The van der Waals surface area contributed by atoms with Gasteiger partial charge >= 0.3 is 0 Å². The molecule has 0 spiro atoms. The molecule has 1 saturated heterocycles. The quantitative estimate of drug-likeness (QED) is 0.571. The molecule has 1 aliphatic rings. The number of halogens is 1. The summed E-state index contributed by atoms with van der Waals surface area (Å²) in [6.07, 6.45) is 3.62. The van der Waals surface area contributed by atoms with E-state index in [0.717, 1.165) is 29.7 Å². The highest BCUT2D eigenvalue weighted by molar-refractivity contribution is 9.10. The lowest BCUT2D eigenvalue weighted by Gasteiger charge is -2.24. The molecule has 2 rings (SSSR count). The van der Waals surface area contributed by atoms with E-state index in [9.17, 15) is 0 Å². The largest absolute Gasteiger partial charge is 0.379 e. The van der Waals surface area contributed by atoms with Crippen molar-refractivity contribution in [3.05, 3.63) is 10.8 Å². The smallest absolute Gasteiger partial charge is 0.159 e. The van der Waals surface area contributed by atoms with Gasteiger partial charge < -0.3 is 15.5 Å². The first kappa shape index (κ1) is 11.6. The van der Waals surface area contributed by atoms with Crippen LogP contribution in [0.15, 0.2) is 10.8 Å². The van der Waals surface area contributed by atoms with Crippen molar-refractivity contribution in [1.29, 1.82) is 0 Å². The Morgan fingerprint density at radius 1 is 1.44 bits per heavy atom. The third kappa shape index (κ3) is 2.60. The second kappa shape index (κ2) is 5.42. The summed E-state index contributed by atoms with van der Waals surface area (Å²) < 4.78 is 6.13. The lowest BCUT2D eigenvalue weighted by Crippen LogP contribution is -2.30. The fourth-order valence-electron chi connectivity index (χ4n) is 1.62. The zero-order chi connectivity index (χ0) is 11.4. The number of nitrogens with zero attached hydrogens (tertiary/aromatic N) is 2. The van der Waals surface area contributed by atoms with Crippen molar-refractivity contribution in [1.82, 2.24) is 9.97 Å². The van der Waals surface area contributed by atoms with E-state index < -0.39 is 0 Å². The summed E-state index contributed by atoms with van der Waals surface area (Å²) in [7, 11) is 0. The fraction of sp³-hybridized carbons (Fsp3) is 0.556. The molecular weight excluding hydrogens is 274 g/mol. The third-order valence-electron chi connectivity index (χ3n) is 2.43. The molecule has 88 valence electrons. The molecule has 7 heteroatoms. The number of anilines is 2. The lowest BCUT2D eigenvalue weighted by molar-refractivity contribution is 0.0875. The van der Waals surface area contributed by atoms with E-state index in [0.29, 0.717) is 18.5 Å². The molecule has 1 atom stereocenters. The zero-order valence-electron chi connectivity index (χ0n) is 8.74. The number of rotatable bonds is 3. The van der Waals surface area contributed by atoms with Crippen molar-refractivity contribution in [3.8, 4) is 0 Å². The molecule has 6 nitrogen and oxygen atoms in total. The maximum atomic E-state index is 5.39. The van der Waals surface area contributed by atoms with Gasteiger partial charge in [-0.25, -0.2) is 15.8 Å². The summed E-state index contributed by atoms with van der Waals surface area (Å²) in [6.45, 7) is 1.56. The summed E-state index contributed by atoms with van der Waals surface area (Å²) in [5.74, 6) is 6.63. The van der Waals surface area contributed by atoms with Crippen molar-refractivity contribution in [2.24, 2.45) is 5.84 Å². The van der Waals surface area contributed by atoms with Gasteiger partial charge in [0, 0.05) is 6.61 Å². The van der Waals surface area contributed by atoms with Crippen LogP contribution in [0.4, 0.5) is 11.6 Å². The maximum Gasteiger partial charge on any atom is 0.159 e. The molecule has 1 aromatic heterocycles. The molecule has 0 bridgehead atoms. The number of aromatic nitrogens is 2. The highest BCUT2D eigenvalue weighted by Crippen LogP contribution is 2.27. The number of hydrogen-bond donors (Lipinski definition) is 3. The van der Waals surface area contributed by atoms with Crippen LogP contribution >= 0.6 is 15.9 Å². The van der Waals surface area contributed by atoms with Crippen molar-refractivity contribution in [2.45, 2.75) is 18.9 Å². The second-order valence-electron chi connectivity index (χ2n) is 3.59. The number of ether oxygens (including phenoxy) is 1. The van der Waals surface area contributed by atoms with E-state index in [1.807, 2.05) is 0 Å². The average Bonchev–Trinajstić information content (AvgIpc) is 2.33. The molecule has 0 aromatic carbocycles. The van der Waals surface area contributed by atoms with Gasteiger partial charge in [-0.05, 0) is 28.8 Å². The standard InChI is InChI=1S/C9H14BrN5O/c10-7-8(12-5-13-9(7)15-11)14-6-2-1-3-16-4-6/h5-6H,1-4,11H2,(H2,12,13,14,15). The average molecular weight is 288 g/mol. The first-order valence-electron chi connectivity index (χ1n) is 5.12. The van der Waals surface area contributed by atoms with Crippen LogP contribution < -0.4 is 16.6 Å². The third-order valence-corrected chi connectivity index (χ3v) is 3.18. The molecular formula is C9H14BrN5O. The molecule has 0 aliphatic carbocycles. The van der Waals surface area contributed by atoms with Crippen LogP contribution in [0.2, 0.25) is 0 Å². The Kier molecular flexibility index (Phi) is 3.92. The minimum Gasteiger partial charge on any atom is -0.379 e. The predicted octanol–water partition coefficient (Wildman–Crippen LogP) is 1.12. The highest BCUT2D eigenvalue weighted by Gasteiger charge is 2.16. The molecule has 4 N–H and O–H groups in total. The Bertz CT molecular complexity index is 356. The molecule has 2 heterocycles. The second-order valence-corrected chi connectivity index (χ2v) is 4.38. The van der Waals surface area contributed by atoms with Gasteiger partial charge in [0.05, 0.1) is 12.6 Å². The van der Waals surface area contributed by atoms with Gasteiger partial charge in [0.2, 0.25) is 0 Å². The summed E-state index contributed by atoms with van der Waals surface area (Å²) in [5, 5.41) is 3.31. The van der Waals surface area contributed by atoms with Gasteiger partial charge in [0.25, 0.3) is 0 Å². The number of nitrogens with one attached hydrogen (secondary N) is 2. The van der Waals surface area contributed by atoms with E-state index in [4.69, 9.17) is 10.6 Å². The van der Waals surface area contributed by atoms with Crippen LogP contribution in [-0.2, 0) is 4.74 Å². The van der Waals surface area contributed by atoms with Crippen LogP contribution in [0.5, 0.6) is 0 Å². The van der Waals surface area contributed by atoms with Crippen molar-refractivity contribution < 1.29 is 4.74 Å². The molecule has 0 radical (unpaired) electrons. The summed E-state index contributed by atoms with van der Waals surface area (Å²) in [5.41, 5.74) is 2.50. The van der Waals surface area contributed by atoms with Gasteiger partial charge in [-0.2, -0.15) is 0 Å². The molecule has 1 fully saturated rings. The number of hydrogen-bond acceptors (Lipinski definition) is 6. The van der Waals surface area contributed by atoms with Crippen LogP contribution in [0.1, 0.15) is 12.8 Å². The number of hydrazine groups is 1. The SMILES string of the molecule is NNc1ncnc(NC2CCCOC2)c1Br. The lowest BCUT2D eigenvalue weighted by atomic mass is 10.1. The Labute approximate surface area is 102 Å². The number of nitrogen functional groups attached to an aromatic ring is 1. The molecule has 1 aromatic rings. The molecule has 1 unspecified atom stereocenters. The van der Waals surface area contributed by atoms with Crippen LogP contribution in [0.25, 0.3) is 0 Å². The predicted molar refractivity (Wildman–Crippen MR) is 65.0 cm³/mol. The molecule has 1 aliphatic heterocycles. The molecule has 0 amide bonds. The number of nitrogens with two attached hydrogens (primary N) is 1. The van der Waals surface area contributed by atoms with E-state index >= 15 is 0 Å². The van der Waals surface area contributed by atoms with Gasteiger partial charge in [0.15, 0.2) is 5.82 Å².